The molecule has 2 heterocycles. The van der Waals surface area contributed by atoms with E-state index in [1.54, 1.807) is 7.11 Å². The highest BCUT2D eigenvalue weighted by Crippen LogP contribution is 2.50. The molecule has 5 heteroatoms. The normalized spacial score (nSPS) is 23.6. The zero-order valence-corrected chi connectivity index (χ0v) is 14.8. The summed E-state index contributed by atoms with van der Waals surface area (Å²) in [4.78, 5) is 17.6. The number of carbonyl (C=O) groups is 1. The van der Waals surface area contributed by atoms with Gasteiger partial charge in [0.05, 0.1) is 19.1 Å². The Morgan fingerprint density at radius 1 is 1.26 bits per heavy atom. The van der Waals surface area contributed by atoms with Crippen LogP contribution in [0.2, 0.25) is 0 Å². The van der Waals surface area contributed by atoms with Gasteiger partial charge in [-0.15, -0.1) is 0 Å². The van der Waals surface area contributed by atoms with Gasteiger partial charge >= 0.3 is 0 Å². The third-order valence-electron chi connectivity index (χ3n) is 5.10. The number of hydrogen-bond acceptors (Lipinski definition) is 4. The van der Waals surface area contributed by atoms with E-state index in [2.05, 4.69) is 40.1 Å². The SMILES string of the molecule is COc1ccc2c(c1)C(C)(C)C1Nc3nc(Br)ccc3C1C2=O. The van der Waals surface area contributed by atoms with Gasteiger partial charge < -0.3 is 10.1 Å². The summed E-state index contributed by atoms with van der Waals surface area (Å²) in [5, 5.41) is 3.47. The van der Waals surface area contributed by atoms with Crippen molar-refractivity contribution in [3.63, 3.8) is 0 Å². The maximum Gasteiger partial charge on any atom is 0.172 e. The number of methoxy groups -OCH3 is 1. The molecule has 1 aliphatic carbocycles. The molecule has 23 heavy (non-hydrogen) atoms. The van der Waals surface area contributed by atoms with Crippen LogP contribution in [0.25, 0.3) is 0 Å². The molecule has 2 atom stereocenters. The molecule has 1 aromatic carbocycles. The van der Waals surface area contributed by atoms with Gasteiger partial charge in [-0.1, -0.05) is 19.9 Å². The Labute approximate surface area is 143 Å². The van der Waals surface area contributed by atoms with Gasteiger partial charge in [-0.05, 0) is 45.8 Å². The molecule has 0 spiro atoms. The van der Waals surface area contributed by atoms with E-state index < -0.39 is 0 Å². The number of hydrogen-bond donors (Lipinski definition) is 1. The molecule has 0 bridgehead atoms. The number of fused-ring (bicyclic) bond motifs is 4. The fourth-order valence-corrected chi connectivity index (χ4v) is 4.16. The van der Waals surface area contributed by atoms with Crippen LogP contribution in [-0.2, 0) is 5.41 Å². The van der Waals surface area contributed by atoms with Crippen molar-refractivity contribution in [2.24, 2.45) is 0 Å². The molecule has 0 saturated heterocycles. The quantitative estimate of drug-likeness (QED) is 0.771. The third-order valence-corrected chi connectivity index (χ3v) is 5.54. The summed E-state index contributed by atoms with van der Waals surface area (Å²) in [5.74, 6) is 1.54. The smallest absolute Gasteiger partial charge is 0.172 e. The van der Waals surface area contributed by atoms with Crippen LogP contribution < -0.4 is 10.1 Å². The number of benzene rings is 1. The van der Waals surface area contributed by atoms with Gasteiger partial charge in [-0.25, -0.2) is 4.98 Å². The van der Waals surface area contributed by atoms with Crippen molar-refractivity contribution in [2.45, 2.75) is 31.2 Å². The maximum absolute atomic E-state index is 13.1. The van der Waals surface area contributed by atoms with Gasteiger partial charge in [-0.3, -0.25) is 4.79 Å². The Hall–Kier alpha value is -1.88. The molecule has 2 unspecified atom stereocenters. The summed E-state index contributed by atoms with van der Waals surface area (Å²) >= 11 is 3.40. The molecule has 1 aliphatic heterocycles. The lowest BCUT2D eigenvalue weighted by Crippen LogP contribution is -2.47. The van der Waals surface area contributed by atoms with Gasteiger partial charge in [0.25, 0.3) is 0 Å². The van der Waals surface area contributed by atoms with Crippen LogP contribution in [-0.4, -0.2) is 23.9 Å². The first kappa shape index (κ1) is 14.7. The van der Waals surface area contributed by atoms with Crippen LogP contribution in [0.1, 0.15) is 41.3 Å². The molecular weight excluding hydrogens is 356 g/mol. The first-order chi connectivity index (χ1) is 10.9. The van der Waals surface area contributed by atoms with Crippen LogP contribution in [0.15, 0.2) is 34.9 Å². The van der Waals surface area contributed by atoms with Crippen molar-refractivity contribution in [3.05, 3.63) is 51.6 Å². The van der Waals surface area contributed by atoms with Crippen LogP contribution in [0, 0.1) is 0 Å². The number of nitrogens with one attached hydrogen (secondary N) is 1. The van der Waals surface area contributed by atoms with E-state index in [1.807, 2.05) is 30.3 Å². The third kappa shape index (κ3) is 1.96. The zero-order valence-electron chi connectivity index (χ0n) is 13.2. The summed E-state index contributed by atoms with van der Waals surface area (Å²) < 4.78 is 6.12. The Morgan fingerprint density at radius 3 is 2.78 bits per heavy atom. The molecule has 2 aromatic rings. The number of pyridine rings is 1. The Balaban J connectivity index is 1.92. The molecule has 1 aromatic heterocycles. The molecule has 4 nitrogen and oxygen atoms in total. The fraction of sp³-hybridized carbons (Fsp3) is 0.333. The first-order valence-corrected chi connectivity index (χ1v) is 8.38. The van der Waals surface area contributed by atoms with Crippen molar-refractivity contribution >= 4 is 27.5 Å². The number of anilines is 1. The molecule has 0 fully saturated rings. The van der Waals surface area contributed by atoms with Crippen molar-refractivity contribution in [1.82, 2.24) is 4.98 Å². The van der Waals surface area contributed by atoms with Crippen molar-refractivity contribution in [2.75, 3.05) is 12.4 Å². The highest BCUT2D eigenvalue weighted by Gasteiger charge is 2.51. The molecule has 4 rings (SSSR count). The van der Waals surface area contributed by atoms with Crippen molar-refractivity contribution in [3.8, 4) is 5.75 Å². The molecular formula is C18H17BrN2O2. The highest BCUT2D eigenvalue weighted by atomic mass is 79.9. The molecule has 1 N–H and O–H groups in total. The van der Waals surface area contributed by atoms with E-state index in [0.29, 0.717) is 0 Å². The second-order valence-corrected chi connectivity index (χ2v) is 7.48. The van der Waals surface area contributed by atoms with E-state index >= 15 is 0 Å². The van der Waals surface area contributed by atoms with E-state index in [1.165, 1.54) is 0 Å². The molecule has 0 radical (unpaired) electrons. The minimum Gasteiger partial charge on any atom is -0.497 e. The Kier molecular flexibility index (Phi) is 3.07. The number of rotatable bonds is 1. The van der Waals surface area contributed by atoms with E-state index in [-0.39, 0.29) is 23.2 Å². The monoisotopic (exact) mass is 372 g/mol. The number of Topliss-reactive ketones (excluding diaryl/α,β-unsaturated/α-hetero) is 1. The minimum atomic E-state index is -0.213. The number of carbonyl (C=O) groups excluding carboxylic acids is 1. The van der Waals surface area contributed by atoms with Gasteiger partial charge in [0.1, 0.15) is 16.2 Å². The van der Waals surface area contributed by atoms with Crippen molar-refractivity contribution < 1.29 is 9.53 Å². The lowest BCUT2D eigenvalue weighted by atomic mass is 9.64. The highest BCUT2D eigenvalue weighted by molar-refractivity contribution is 9.10. The molecule has 0 saturated carbocycles. The second kappa shape index (κ2) is 4.81. The number of halogens is 1. The van der Waals surface area contributed by atoms with Crippen LogP contribution >= 0.6 is 15.9 Å². The summed E-state index contributed by atoms with van der Waals surface area (Å²) in [6.07, 6.45) is 0. The van der Waals surface area contributed by atoms with E-state index in [4.69, 9.17) is 4.74 Å². The molecule has 0 amide bonds. The maximum atomic E-state index is 13.1. The van der Waals surface area contributed by atoms with Crippen molar-refractivity contribution in [1.29, 1.82) is 0 Å². The van der Waals surface area contributed by atoms with Gasteiger partial charge in [-0.2, -0.15) is 0 Å². The summed E-state index contributed by atoms with van der Waals surface area (Å²) in [5.41, 5.74) is 2.59. The average molecular weight is 373 g/mol. The van der Waals surface area contributed by atoms with Gasteiger partial charge in [0, 0.05) is 16.5 Å². The predicted molar refractivity (Wildman–Crippen MR) is 92.4 cm³/mol. The average Bonchev–Trinajstić information content (AvgIpc) is 2.92. The number of ether oxygens (including phenoxy) is 1. The van der Waals surface area contributed by atoms with Crippen LogP contribution in [0.3, 0.4) is 0 Å². The lowest BCUT2D eigenvalue weighted by molar-refractivity contribution is 0.0922. The number of aromatic nitrogens is 1. The standard InChI is InChI=1S/C18H17BrN2O2/c1-18(2)12-8-9(23-3)4-5-10(12)15(22)14-11-6-7-13(19)20-17(11)21-16(14)18/h4-8,14,16H,1-3H3,(H,20,21). The molecule has 2 aliphatic rings. The summed E-state index contributed by atoms with van der Waals surface area (Å²) in [6.45, 7) is 4.34. The first-order valence-electron chi connectivity index (χ1n) is 7.59. The van der Waals surface area contributed by atoms with Crippen LogP contribution in [0.4, 0.5) is 5.82 Å². The van der Waals surface area contributed by atoms with Crippen LogP contribution in [0.5, 0.6) is 5.75 Å². The second-order valence-electron chi connectivity index (χ2n) is 6.67. The predicted octanol–water partition coefficient (Wildman–Crippen LogP) is 3.90. The summed E-state index contributed by atoms with van der Waals surface area (Å²) in [7, 11) is 1.65. The zero-order chi connectivity index (χ0) is 16.4. The summed E-state index contributed by atoms with van der Waals surface area (Å²) in [6, 6.07) is 9.61. The topological polar surface area (TPSA) is 51.2 Å². The molecule has 118 valence electrons. The Morgan fingerprint density at radius 2 is 2.04 bits per heavy atom. The fourth-order valence-electron chi connectivity index (χ4n) is 3.85. The number of nitrogens with zero attached hydrogens (tertiary/aromatic N) is 1. The Bertz CT molecular complexity index is 832. The lowest BCUT2D eigenvalue weighted by Gasteiger charge is -2.41. The van der Waals surface area contributed by atoms with E-state index in [0.717, 1.165) is 32.9 Å². The number of ketones is 1. The van der Waals surface area contributed by atoms with Gasteiger partial charge in [0.15, 0.2) is 5.78 Å². The minimum absolute atomic E-state index is 0.00796. The van der Waals surface area contributed by atoms with E-state index in [9.17, 15) is 4.79 Å². The van der Waals surface area contributed by atoms with Gasteiger partial charge in [0.2, 0.25) is 0 Å². The largest absolute Gasteiger partial charge is 0.497 e.